The van der Waals surface area contributed by atoms with Gasteiger partial charge >= 0.3 is 0 Å². The second-order valence-electron chi connectivity index (χ2n) is 5.12. The summed E-state index contributed by atoms with van der Waals surface area (Å²) in [5.74, 6) is -0.573. The number of benzene rings is 2. The molecule has 4 nitrogen and oxygen atoms in total. The largest absolute Gasteiger partial charge is 0.386 e. The minimum absolute atomic E-state index is 0.131. The minimum Gasteiger partial charge on any atom is -0.386 e. The maximum absolute atomic E-state index is 12.4. The van der Waals surface area contributed by atoms with E-state index in [1.807, 2.05) is 30.3 Å². The van der Waals surface area contributed by atoms with E-state index in [2.05, 4.69) is 5.32 Å². The first kappa shape index (κ1) is 14.5. The summed E-state index contributed by atoms with van der Waals surface area (Å²) in [6.07, 6.45) is 1.32. The number of carbonyl (C=O) groups is 1. The molecular formula is C17H15NO3S. The molecule has 0 saturated heterocycles. The second-order valence-corrected chi connectivity index (χ2v) is 7.08. The van der Waals surface area contributed by atoms with Crippen molar-refractivity contribution < 1.29 is 13.2 Å². The molecule has 1 aliphatic rings. The Bertz CT molecular complexity index is 839. The van der Waals surface area contributed by atoms with Crippen LogP contribution in [-0.2, 0) is 22.1 Å². The fourth-order valence-electron chi connectivity index (χ4n) is 2.44. The van der Waals surface area contributed by atoms with E-state index in [4.69, 9.17) is 0 Å². The molecule has 0 aliphatic carbocycles. The van der Waals surface area contributed by atoms with Crippen molar-refractivity contribution >= 4 is 15.6 Å². The molecule has 112 valence electrons. The third-order valence-electron chi connectivity index (χ3n) is 3.55. The number of fused-ring (bicyclic) bond motifs is 1. The fourth-order valence-corrected chi connectivity index (χ4v) is 3.91. The van der Waals surface area contributed by atoms with E-state index in [0.29, 0.717) is 17.7 Å². The number of hydrogen-bond acceptors (Lipinski definition) is 4. The lowest BCUT2D eigenvalue weighted by molar-refractivity contribution is 0.103. The van der Waals surface area contributed by atoms with Gasteiger partial charge in [-0.3, -0.25) is 4.79 Å². The number of carbonyl (C=O) groups excluding carboxylic acids is 1. The van der Waals surface area contributed by atoms with Gasteiger partial charge in [0.05, 0.1) is 5.75 Å². The van der Waals surface area contributed by atoms with Crippen molar-refractivity contribution in [3.05, 3.63) is 82.4 Å². The summed E-state index contributed by atoms with van der Waals surface area (Å²) in [5, 5.41) is 2.93. The smallest absolute Gasteiger partial charge is 0.206 e. The van der Waals surface area contributed by atoms with Crippen LogP contribution < -0.4 is 5.32 Å². The van der Waals surface area contributed by atoms with Gasteiger partial charge in [0, 0.05) is 18.3 Å². The van der Waals surface area contributed by atoms with E-state index < -0.39 is 15.6 Å². The molecule has 1 N–H and O–H groups in total. The summed E-state index contributed by atoms with van der Waals surface area (Å²) in [6, 6.07) is 16.4. The summed E-state index contributed by atoms with van der Waals surface area (Å²) in [7, 11) is -3.59. The van der Waals surface area contributed by atoms with Gasteiger partial charge in [0.1, 0.15) is 4.91 Å². The van der Waals surface area contributed by atoms with E-state index >= 15 is 0 Å². The molecule has 22 heavy (non-hydrogen) atoms. The van der Waals surface area contributed by atoms with E-state index in [0.717, 1.165) is 5.56 Å². The van der Waals surface area contributed by atoms with Crippen LogP contribution in [0.15, 0.2) is 65.7 Å². The van der Waals surface area contributed by atoms with Gasteiger partial charge in [-0.1, -0.05) is 54.6 Å². The van der Waals surface area contributed by atoms with Crippen LogP contribution in [0.1, 0.15) is 21.5 Å². The summed E-state index contributed by atoms with van der Waals surface area (Å²) in [5.41, 5.74) is 2.04. The van der Waals surface area contributed by atoms with Crippen LogP contribution in [0.5, 0.6) is 0 Å². The van der Waals surface area contributed by atoms with E-state index in [1.54, 1.807) is 24.3 Å². The molecule has 0 bridgehead atoms. The van der Waals surface area contributed by atoms with Crippen LogP contribution in [0.3, 0.4) is 0 Å². The van der Waals surface area contributed by atoms with E-state index in [-0.39, 0.29) is 10.7 Å². The van der Waals surface area contributed by atoms with Crippen molar-refractivity contribution in [3.8, 4) is 0 Å². The molecule has 1 aliphatic heterocycles. The molecule has 0 amide bonds. The van der Waals surface area contributed by atoms with Gasteiger partial charge in [0.2, 0.25) is 5.78 Å². The number of hydrogen-bond donors (Lipinski definition) is 1. The van der Waals surface area contributed by atoms with Crippen LogP contribution in [0.25, 0.3) is 0 Å². The van der Waals surface area contributed by atoms with Gasteiger partial charge in [-0.25, -0.2) is 8.42 Å². The van der Waals surface area contributed by atoms with Crippen molar-refractivity contribution in [2.24, 2.45) is 0 Å². The Morgan fingerprint density at radius 3 is 2.45 bits per heavy atom. The third kappa shape index (κ3) is 2.80. The van der Waals surface area contributed by atoms with Crippen LogP contribution in [0.4, 0.5) is 0 Å². The Morgan fingerprint density at radius 1 is 1.00 bits per heavy atom. The quantitative estimate of drug-likeness (QED) is 0.884. The monoisotopic (exact) mass is 313 g/mol. The molecule has 0 radical (unpaired) electrons. The average molecular weight is 313 g/mol. The summed E-state index contributed by atoms with van der Waals surface area (Å²) >= 11 is 0. The summed E-state index contributed by atoms with van der Waals surface area (Å²) in [4.78, 5) is 12.2. The van der Waals surface area contributed by atoms with E-state index in [1.165, 1.54) is 6.20 Å². The lowest BCUT2D eigenvalue weighted by atomic mass is 10.0. The number of allylic oxidation sites excluding steroid dienone is 1. The highest BCUT2D eigenvalue weighted by atomic mass is 32.2. The SMILES string of the molecule is O=C1C(=CNCc2ccccc2)S(=O)(=O)Cc2ccccc21. The highest BCUT2D eigenvalue weighted by Gasteiger charge is 2.33. The van der Waals surface area contributed by atoms with Gasteiger partial charge in [0.25, 0.3) is 0 Å². The number of nitrogens with one attached hydrogen (secondary N) is 1. The highest BCUT2D eigenvalue weighted by Crippen LogP contribution is 2.27. The standard InChI is InChI=1S/C17H15NO3S/c19-17-15-9-5-4-8-14(15)12-22(20,21)16(17)11-18-10-13-6-2-1-3-7-13/h1-9,11,18H,10,12H2. The second kappa shape index (κ2) is 5.77. The molecule has 0 spiro atoms. The maximum Gasteiger partial charge on any atom is 0.206 e. The van der Waals surface area contributed by atoms with Gasteiger partial charge in [-0.2, -0.15) is 0 Å². The van der Waals surface area contributed by atoms with Crippen LogP contribution in [0.2, 0.25) is 0 Å². The van der Waals surface area contributed by atoms with Gasteiger partial charge < -0.3 is 5.32 Å². The minimum atomic E-state index is -3.59. The van der Waals surface area contributed by atoms with Gasteiger partial charge in [0.15, 0.2) is 9.84 Å². The van der Waals surface area contributed by atoms with Crippen LogP contribution in [0, 0.1) is 0 Å². The predicted molar refractivity (Wildman–Crippen MR) is 84.8 cm³/mol. The Kier molecular flexibility index (Phi) is 3.81. The molecule has 0 atom stereocenters. The van der Waals surface area contributed by atoms with Crippen molar-refractivity contribution in [1.82, 2.24) is 5.32 Å². The van der Waals surface area contributed by atoms with E-state index in [9.17, 15) is 13.2 Å². The normalized spacial score (nSPS) is 18.0. The molecule has 3 rings (SSSR count). The summed E-state index contributed by atoms with van der Waals surface area (Å²) in [6.45, 7) is 0.467. The van der Waals surface area contributed by atoms with Crippen molar-refractivity contribution in [3.63, 3.8) is 0 Å². The number of rotatable bonds is 3. The highest BCUT2D eigenvalue weighted by molar-refractivity contribution is 7.95. The first-order chi connectivity index (χ1) is 10.6. The Labute approximate surface area is 129 Å². The lowest BCUT2D eigenvalue weighted by Crippen LogP contribution is -2.25. The number of Topliss-reactive ketones (excluding diaryl/α,β-unsaturated/α-hetero) is 1. The molecule has 0 unspecified atom stereocenters. The Morgan fingerprint density at radius 2 is 1.68 bits per heavy atom. The van der Waals surface area contributed by atoms with Crippen molar-refractivity contribution in [2.45, 2.75) is 12.3 Å². The van der Waals surface area contributed by atoms with Crippen LogP contribution >= 0.6 is 0 Å². The number of ketones is 1. The Hall–Kier alpha value is -2.40. The topological polar surface area (TPSA) is 63.2 Å². The molecular weight excluding hydrogens is 298 g/mol. The molecule has 5 heteroatoms. The molecule has 0 aromatic heterocycles. The zero-order valence-corrected chi connectivity index (χ0v) is 12.6. The molecule has 2 aromatic rings. The average Bonchev–Trinajstić information content (AvgIpc) is 2.51. The summed E-state index contributed by atoms with van der Waals surface area (Å²) < 4.78 is 24.5. The third-order valence-corrected chi connectivity index (χ3v) is 5.21. The molecule has 1 heterocycles. The zero-order chi connectivity index (χ0) is 15.6. The first-order valence-corrected chi connectivity index (χ1v) is 8.56. The number of sulfone groups is 1. The first-order valence-electron chi connectivity index (χ1n) is 6.91. The fraction of sp³-hybridized carbons (Fsp3) is 0.118. The van der Waals surface area contributed by atoms with Gasteiger partial charge in [-0.05, 0) is 11.1 Å². The van der Waals surface area contributed by atoms with Crippen molar-refractivity contribution in [2.75, 3.05) is 0 Å². The molecule has 0 saturated carbocycles. The lowest BCUT2D eigenvalue weighted by Gasteiger charge is -2.17. The van der Waals surface area contributed by atoms with Crippen LogP contribution in [-0.4, -0.2) is 14.2 Å². The van der Waals surface area contributed by atoms with Gasteiger partial charge in [-0.15, -0.1) is 0 Å². The maximum atomic E-state index is 12.4. The zero-order valence-electron chi connectivity index (χ0n) is 11.8. The Balaban J connectivity index is 1.86. The molecule has 2 aromatic carbocycles. The van der Waals surface area contributed by atoms with Crippen molar-refractivity contribution in [1.29, 1.82) is 0 Å². The molecule has 0 fully saturated rings. The predicted octanol–water partition coefficient (Wildman–Crippen LogP) is 2.43.